The molecule has 0 unspecified atom stereocenters. The summed E-state index contributed by atoms with van der Waals surface area (Å²) in [5, 5.41) is 14.5. The van der Waals surface area contributed by atoms with E-state index in [9.17, 15) is 9.59 Å². The summed E-state index contributed by atoms with van der Waals surface area (Å²) < 4.78 is 0. The zero-order valence-electron chi connectivity index (χ0n) is 10.3. The van der Waals surface area contributed by atoms with Crippen LogP contribution in [0.3, 0.4) is 0 Å². The van der Waals surface area contributed by atoms with Crippen molar-refractivity contribution in [3.05, 3.63) is 27.7 Å². The topological polar surface area (TPSA) is 78.4 Å². The Morgan fingerprint density at radius 3 is 2.63 bits per heavy atom. The molecule has 0 saturated heterocycles. The van der Waals surface area contributed by atoms with Gasteiger partial charge in [0.1, 0.15) is 0 Å². The van der Waals surface area contributed by atoms with Crippen LogP contribution >= 0.6 is 23.2 Å². The van der Waals surface area contributed by atoms with E-state index in [1.165, 1.54) is 0 Å². The van der Waals surface area contributed by atoms with Crippen LogP contribution in [0.25, 0.3) is 0 Å². The van der Waals surface area contributed by atoms with Gasteiger partial charge in [-0.3, -0.25) is 9.59 Å². The van der Waals surface area contributed by atoms with Gasteiger partial charge < -0.3 is 15.7 Å². The lowest BCUT2D eigenvalue weighted by atomic mass is 10.2. The van der Waals surface area contributed by atoms with E-state index in [4.69, 9.17) is 28.3 Å². The number of carbonyl (C=O) groups is 2. The van der Waals surface area contributed by atoms with E-state index in [0.29, 0.717) is 15.7 Å². The molecule has 0 aliphatic carbocycles. The van der Waals surface area contributed by atoms with Crippen molar-refractivity contribution in [2.75, 3.05) is 18.4 Å². The monoisotopic (exact) mass is 304 g/mol. The number of aryl methyl sites for hydroxylation is 1. The molecule has 0 aliphatic heterocycles. The second kappa shape index (κ2) is 7.33. The number of aliphatic carboxylic acids is 1. The summed E-state index contributed by atoms with van der Waals surface area (Å²) in [5.74, 6) is -1.25. The lowest BCUT2D eigenvalue weighted by Crippen LogP contribution is -2.29. The average Bonchev–Trinajstić information content (AvgIpc) is 2.35. The largest absolute Gasteiger partial charge is 0.481 e. The summed E-state index contributed by atoms with van der Waals surface area (Å²) in [6.45, 7) is 2.02. The van der Waals surface area contributed by atoms with Gasteiger partial charge in [-0.1, -0.05) is 29.3 Å². The lowest BCUT2D eigenvalue weighted by molar-refractivity contribution is -0.137. The standard InChI is InChI=1S/C12H14Cl2N2O3/c1-7-2-3-8(13)12(11(7)14)16-9(17)6-15-5-4-10(18)19/h2-3,15H,4-6H2,1H3,(H,16,17)(H,18,19). The van der Waals surface area contributed by atoms with Gasteiger partial charge in [0, 0.05) is 6.54 Å². The molecule has 19 heavy (non-hydrogen) atoms. The van der Waals surface area contributed by atoms with Crippen LogP contribution in [0, 0.1) is 6.92 Å². The van der Waals surface area contributed by atoms with Crippen molar-refractivity contribution < 1.29 is 14.7 Å². The number of hydrogen-bond acceptors (Lipinski definition) is 3. The summed E-state index contributed by atoms with van der Waals surface area (Å²) in [5.41, 5.74) is 1.17. The van der Waals surface area contributed by atoms with Gasteiger partial charge in [0.2, 0.25) is 5.91 Å². The van der Waals surface area contributed by atoms with Crippen LogP contribution in [0.5, 0.6) is 0 Å². The van der Waals surface area contributed by atoms with Gasteiger partial charge in [-0.15, -0.1) is 0 Å². The molecular formula is C12H14Cl2N2O3. The number of nitrogens with one attached hydrogen (secondary N) is 2. The van der Waals surface area contributed by atoms with Crippen molar-refractivity contribution in [3.63, 3.8) is 0 Å². The van der Waals surface area contributed by atoms with E-state index in [-0.39, 0.29) is 25.4 Å². The normalized spacial score (nSPS) is 10.3. The summed E-state index contributed by atoms with van der Waals surface area (Å²) in [6.07, 6.45) is -0.0424. The number of rotatable bonds is 6. The second-order valence-corrected chi connectivity index (χ2v) is 4.71. The van der Waals surface area contributed by atoms with Crippen LogP contribution < -0.4 is 10.6 Å². The van der Waals surface area contributed by atoms with Gasteiger partial charge in [-0.05, 0) is 18.6 Å². The maximum absolute atomic E-state index is 11.6. The predicted octanol–water partition coefficient (Wildman–Crippen LogP) is 2.30. The molecule has 0 heterocycles. The smallest absolute Gasteiger partial charge is 0.304 e. The highest BCUT2D eigenvalue weighted by atomic mass is 35.5. The maximum Gasteiger partial charge on any atom is 0.304 e. The number of halogens is 2. The number of carboxylic acids is 1. The fourth-order valence-corrected chi connectivity index (χ4v) is 1.82. The Kier molecular flexibility index (Phi) is 6.08. The number of carbonyl (C=O) groups excluding carboxylic acids is 1. The minimum Gasteiger partial charge on any atom is -0.481 e. The Morgan fingerprint density at radius 1 is 1.32 bits per heavy atom. The zero-order valence-corrected chi connectivity index (χ0v) is 11.8. The number of hydrogen-bond donors (Lipinski definition) is 3. The number of amides is 1. The first-order valence-corrected chi connectivity index (χ1v) is 6.34. The summed E-state index contributed by atoms with van der Waals surface area (Å²) in [6, 6.07) is 3.40. The summed E-state index contributed by atoms with van der Waals surface area (Å²) in [7, 11) is 0. The Hall–Kier alpha value is -1.30. The summed E-state index contributed by atoms with van der Waals surface area (Å²) >= 11 is 12.0. The fraction of sp³-hybridized carbons (Fsp3) is 0.333. The molecule has 0 aromatic heterocycles. The van der Waals surface area contributed by atoms with Crippen LogP contribution in [0.15, 0.2) is 12.1 Å². The molecule has 0 bridgehead atoms. The van der Waals surface area contributed by atoms with Gasteiger partial charge in [0.05, 0.1) is 28.7 Å². The van der Waals surface area contributed by atoms with Gasteiger partial charge in [-0.25, -0.2) is 0 Å². The van der Waals surface area contributed by atoms with Crippen LogP contribution in [0.1, 0.15) is 12.0 Å². The third-order valence-corrected chi connectivity index (χ3v) is 3.15. The molecular weight excluding hydrogens is 291 g/mol. The molecule has 7 heteroatoms. The first-order valence-electron chi connectivity index (χ1n) is 5.58. The third kappa shape index (κ3) is 5.06. The Labute approximate surface area is 120 Å². The van der Waals surface area contributed by atoms with Crippen LogP contribution in [0.2, 0.25) is 10.0 Å². The quantitative estimate of drug-likeness (QED) is 0.705. The molecule has 1 aromatic rings. The fourth-order valence-electron chi connectivity index (χ4n) is 1.35. The van der Waals surface area contributed by atoms with Crippen LogP contribution in [-0.2, 0) is 9.59 Å². The van der Waals surface area contributed by atoms with Crippen molar-refractivity contribution in [1.82, 2.24) is 5.32 Å². The van der Waals surface area contributed by atoms with Gasteiger partial charge in [0.25, 0.3) is 0 Å². The Balaban J connectivity index is 2.53. The molecule has 0 fully saturated rings. The summed E-state index contributed by atoms with van der Waals surface area (Å²) in [4.78, 5) is 21.9. The van der Waals surface area contributed by atoms with E-state index >= 15 is 0 Å². The number of benzene rings is 1. The lowest BCUT2D eigenvalue weighted by Gasteiger charge is -2.11. The van der Waals surface area contributed by atoms with Crippen molar-refractivity contribution >= 4 is 40.8 Å². The maximum atomic E-state index is 11.6. The van der Waals surface area contributed by atoms with Gasteiger partial charge >= 0.3 is 5.97 Å². The van der Waals surface area contributed by atoms with Crippen molar-refractivity contribution in [2.24, 2.45) is 0 Å². The minimum absolute atomic E-state index is 0.00607. The Bertz CT molecular complexity index is 492. The third-order valence-electron chi connectivity index (χ3n) is 2.35. The molecule has 3 N–H and O–H groups in total. The van der Waals surface area contributed by atoms with E-state index in [1.807, 2.05) is 0 Å². The molecule has 0 spiro atoms. The SMILES string of the molecule is Cc1ccc(Cl)c(NC(=O)CNCCC(=O)O)c1Cl. The van der Waals surface area contributed by atoms with E-state index in [1.54, 1.807) is 19.1 Å². The van der Waals surface area contributed by atoms with Crippen LogP contribution in [-0.4, -0.2) is 30.1 Å². The van der Waals surface area contributed by atoms with Crippen LogP contribution in [0.4, 0.5) is 5.69 Å². The van der Waals surface area contributed by atoms with E-state index < -0.39 is 5.97 Å². The molecule has 5 nitrogen and oxygen atoms in total. The predicted molar refractivity (Wildman–Crippen MR) is 75.0 cm³/mol. The zero-order chi connectivity index (χ0) is 14.4. The van der Waals surface area contributed by atoms with E-state index in [0.717, 1.165) is 5.56 Å². The van der Waals surface area contributed by atoms with Gasteiger partial charge in [-0.2, -0.15) is 0 Å². The molecule has 1 aromatic carbocycles. The van der Waals surface area contributed by atoms with Gasteiger partial charge in [0.15, 0.2) is 0 Å². The second-order valence-electron chi connectivity index (χ2n) is 3.92. The molecule has 1 amide bonds. The Morgan fingerprint density at radius 2 is 2.00 bits per heavy atom. The molecule has 1 rings (SSSR count). The van der Waals surface area contributed by atoms with E-state index in [2.05, 4.69) is 10.6 Å². The molecule has 0 aliphatic rings. The number of anilines is 1. The molecule has 0 saturated carbocycles. The average molecular weight is 305 g/mol. The highest BCUT2D eigenvalue weighted by Gasteiger charge is 2.11. The van der Waals surface area contributed by atoms with Crippen molar-refractivity contribution in [1.29, 1.82) is 0 Å². The van der Waals surface area contributed by atoms with Crippen molar-refractivity contribution in [2.45, 2.75) is 13.3 Å². The highest BCUT2D eigenvalue weighted by Crippen LogP contribution is 2.32. The first-order chi connectivity index (χ1) is 8.91. The molecule has 0 radical (unpaired) electrons. The molecule has 0 atom stereocenters. The first kappa shape index (κ1) is 15.8. The van der Waals surface area contributed by atoms with Crippen molar-refractivity contribution in [3.8, 4) is 0 Å². The minimum atomic E-state index is -0.919. The molecule has 104 valence electrons. The number of carboxylic acid groups (broad SMARTS) is 1. The highest BCUT2D eigenvalue weighted by molar-refractivity contribution is 6.40.